The molecule has 0 radical (unpaired) electrons. The van der Waals surface area contributed by atoms with E-state index in [0.717, 1.165) is 16.8 Å². The van der Waals surface area contributed by atoms with Gasteiger partial charge < -0.3 is 4.90 Å². The summed E-state index contributed by atoms with van der Waals surface area (Å²) in [6.07, 6.45) is 1.54. The molecule has 0 bridgehead atoms. The monoisotopic (exact) mass is 216 g/mol. The van der Waals surface area contributed by atoms with Gasteiger partial charge in [0.25, 0.3) is 0 Å². The molecule has 1 aromatic heterocycles. The van der Waals surface area contributed by atoms with E-state index in [1.165, 1.54) is 6.07 Å². The lowest BCUT2D eigenvalue weighted by molar-refractivity contribution is 0.584. The number of hydrogen-bond acceptors (Lipinski definition) is 2. The van der Waals surface area contributed by atoms with Gasteiger partial charge in [0.15, 0.2) is 0 Å². The van der Waals surface area contributed by atoms with E-state index in [1.54, 1.807) is 12.3 Å². The molecule has 16 heavy (non-hydrogen) atoms. The molecular formula is C13H13FN2. The Hall–Kier alpha value is -1.90. The van der Waals surface area contributed by atoms with E-state index >= 15 is 0 Å². The quantitative estimate of drug-likeness (QED) is 0.717. The summed E-state index contributed by atoms with van der Waals surface area (Å²) in [6.45, 7) is 0. The van der Waals surface area contributed by atoms with Gasteiger partial charge in [0.2, 0.25) is 5.95 Å². The normalized spacial score (nSPS) is 10.2. The Balaban J connectivity index is 2.31. The molecule has 0 fully saturated rings. The van der Waals surface area contributed by atoms with Gasteiger partial charge in [-0.25, -0.2) is 4.98 Å². The minimum absolute atomic E-state index is 0.450. The van der Waals surface area contributed by atoms with Gasteiger partial charge in [0.05, 0.1) is 0 Å². The third kappa shape index (κ3) is 2.19. The Kier molecular flexibility index (Phi) is 2.86. The van der Waals surface area contributed by atoms with Crippen LogP contribution in [-0.2, 0) is 0 Å². The molecule has 0 aliphatic carbocycles. The highest BCUT2D eigenvalue weighted by molar-refractivity contribution is 5.65. The van der Waals surface area contributed by atoms with Gasteiger partial charge in [0, 0.05) is 31.5 Å². The molecule has 0 atom stereocenters. The Labute approximate surface area is 94.4 Å². The standard InChI is InChI=1S/C13H13FN2/c1-16(2)12-6-3-10(4-7-12)11-5-8-13(14)15-9-11/h3-9H,1-2H3. The number of benzene rings is 1. The molecule has 2 nitrogen and oxygen atoms in total. The number of hydrogen-bond donors (Lipinski definition) is 0. The predicted octanol–water partition coefficient (Wildman–Crippen LogP) is 2.95. The van der Waals surface area contributed by atoms with Gasteiger partial charge in [0.1, 0.15) is 0 Å². The van der Waals surface area contributed by atoms with Crippen LogP contribution < -0.4 is 4.90 Å². The highest BCUT2D eigenvalue weighted by atomic mass is 19.1. The molecule has 0 N–H and O–H groups in total. The zero-order chi connectivity index (χ0) is 11.5. The fraction of sp³-hybridized carbons (Fsp3) is 0.154. The van der Waals surface area contributed by atoms with Gasteiger partial charge in [-0.1, -0.05) is 12.1 Å². The molecule has 1 aromatic carbocycles. The molecule has 2 rings (SSSR count). The van der Waals surface area contributed by atoms with Crippen LogP contribution in [-0.4, -0.2) is 19.1 Å². The highest BCUT2D eigenvalue weighted by Gasteiger charge is 2.00. The maximum absolute atomic E-state index is 12.7. The molecule has 0 unspecified atom stereocenters. The predicted molar refractivity (Wildman–Crippen MR) is 64.0 cm³/mol. The number of halogens is 1. The Morgan fingerprint density at radius 2 is 1.56 bits per heavy atom. The minimum atomic E-state index is -0.450. The van der Waals surface area contributed by atoms with E-state index in [-0.39, 0.29) is 0 Å². The number of rotatable bonds is 2. The zero-order valence-corrected chi connectivity index (χ0v) is 9.31. The molecule has 1 heterocycles. The number of aromatic nitrogens is 1. The maximum atomic E-state index is 12.7. The molecule has 0 spiro atoms. The zero-order valence-electron chi connectivity index (χ0n) is 9.31. The smallest absolute Gasteiger partial charge is 0.212 e. The first-order valence-electron chi connectivity index (χ1n) is 5.06. The van der Waals surface area contributed by atoms with Crippen LogP contribution in [0.25, 0.3) is 11.1 Å². The summed E-state index contributed by atoms with van der Waals surface area (Å²) in [5.41, 5.74) is 3.10. The largest absolute Gasteiger partial charge is 0.378 e. The van der Waals surface area contributed by atoms with E-state index in [9.17, 15) is 4.39 Å². The van der Waals surface area contributed by atoms with Gasteiger partial charge >= 0.3 is 0 Å². The third-order valence-electron chi connectivity index (χ3n) is 2.44. The van der Waals surface area contributed by atoms with Crippen molar-refractivity contribution in [3.8, 4) is 11.1 Å². The van der Waals surface area contributed by atoms with Crippen LogP contribution in [0.2, 0.25) is 0 Å². The summed E-state index contributed by atoms with van der Waals surface area (Å²) in [6, 6.07) is 11.2. The Bertz CT molecular complexity index is 460. The average Bonchev–Trinajstić information content (AvgIpc) is 2.30. The van der Waals surface area contributed by atoms with Crippen molar-refractivity contribution in [1.29, 1.82) is 0 Å². The van der Waals surface area contributed by atoms with Gasteiger partial charge in [-0.3, -0.25) is 0 Å². The van der Waals surface area contributed by atoms with Crippen molar-refractivity contribution in [2.24, 2.45) is 0 Å². The first kappa shape index (κ1) is 10.6. The summed E-state index contributed by atoms with van der Waals surface area (Å²) in [5, 5.41) is 0. The van der Waals surface area contributed by atoms with Crippen molar-refractivity contribution in [2.75, 3.05) is 19.0 Å². The maximum Gasteiger partial charge on any atom is 0.212 e. The average molecular weight is 216 g/mol. The number of nitrogens with zero attached hydrogens (tertiary/aromatic N) is 2. The molecule has 82 valence electrons. The fourth-order valence-electron chi connectivity index (χ4n) is 1.50. The van der Waals surface area contributed by atoms with Crippen molar-refractivity contribution in [2.45, 2.75) is 0 Å². The van der Waals surface area contributed by atoms with Gasteiger partial charge in [-0.15, -0.1) is 0 Å². The number of anilines is 1. The van der Waals surface area contributed by atoms with E-state index < -0.39 is 5.95 Å². The SMILES string of the molecule is CN(C)c1ccc(-c2ccc(F)nc2)cc1. The molecular weight excluding hydrogens is 203 g/mol. The first-order chi connectivity index (χ1) is 7.66. The van der Waals surface area contributed by atoms with Crippen molar-refractivity contribution in [3.63, 3.8) is 0 Å². The summed E-state index contributed by atoms with van der Waals surface area (Å²) >= 11 is 0. The van der Waals surface area contributed by atoms with Crippen LogP contribution in [0.1, 0.15) is 0 Å². The van der Waals surface area contributed by atoms with Gasteiger partial charge in [-0.2, -0.15) is 4.39 Å². The van der Waals surface area contributed by atoms with Crippen LogP contribution in [0, 0.1) is 5.95 Å². The second kappa shape index (κ2) is 4.31. The minimum Gasteiger partial charge on any atom is -0.378 e. The third-order valence-corrected chi connectivity index (χ3v) is 2.44. The molecule has 0 saturated heterocycles. The lowest BCUT2D eigenvalue weighted by atomic mass is 10.1. The molecule has 0 saturated carbocycles. The van der Waals surface area contributed by atoms with Crippen LogP contribution in [0.5, 0.6) is 0 Å². The van der Waals surface area contributed by atoms with Crippen LogP contribution in [0.4, 0.5) is 10.1 Å². The lowest BCUT2D eigenvalue weighted by Crippen LogP contribution is -2.07. The highest BCUT2D eigenvalue weighted by Crippen LogP contribution is 2.21. The molecule has 0 aliphatic rings. The van der Waals surface area contributed by atoms with E-state index in [0.29, 0.717) is 0 Å². The summed E-state index contributed by atoms with van der Waals surface area (Å²) in [7, 11) is 3.99. The van der Waals surface area contributed by atoms with E-state index in [1.807, 2.05) is 43.3 Å². The lowest BCUT2D eigenvalue weighted by Gasteiger charge is -2.12. The van der Waals surface area contributed by atoms with Gasteiger partial charge in [-0.05, 0) is 29.8 Å². The second-order valence-electron chi connectivity index (χ2n) is 3.81. The van der Waals surface area contributed by atoms with Crippen molar-refractivity contribution >= 4 is 5.69 Å². The summed E-state index contributed by atoms with van der Waals surface area (Å²) in [4.78, 5) is 5.67. The second-order valence-corrected chi connectivity index (χ2v) is 3.81. The Morgan fingerprint density at radius 1 is 0.938 bits per heavy atom. The van der Waals surface area contributed by atoms with Crippen LogP contribution in [0.3, 0.4) is 0 Å². The van der Waals surface area contributed by atoms with E-state index in [2.05, 4.69) is 4.98 Å². The summed E-state index contributed by atoms with van der Waals surface area (Å²) in [5.74, 6) is -0.450. The molecule has 0 amide bonds. The van der Waals surface area contributed by atoms with Crippen molar-refractivity contribution < 1.29 is 4.39 Å². The molecule has 0 aliphatic heterocycles. The molecule has 3 heteroatoms. The van der Waals surface area contributed by atoms with Crippen LogP contribution >= 0.6 is 0 Å². The molecule has 2 aromatic rings. The summed E-state index contributed by atoms with van der Waals surface area (Å²) < 4.78 is 12.7. The van der Waals surface area contributed by atoms with E-state index in [4.69, 9.17) is 0 Å². The Morgan fingerprint density at radius 3 is 2.06 bits per heavy atom. The fourth-order valence-corrected chi connectivity index (χ4v) is 1.50. The first-order valence-corrected chi connectivity index (χ1v) is 5.06. The van der Waals surface area contributed by atoms with Crippen LogP contribution in [0.15, 0.2) is 42.6 Å². The number of pyridine rings is 1. The van der Waals surface area contributed by atoms with Crippen molar-refractivity contribution in [3.05, 3.63) is 48.5 Å². The topological polar surface area (TPSA) is 16.1 Å². The van der Waals surface area contributed by atoms with Crippen molar-refractivity contribution in [1.82, 2.24) is 4.98 Å².